The summed E-state index contributed by atoms with van der Waals surface area (Å²) in [6.07, 6.45) is 2.06. The highest BCUT2D eigenvalue weighted by Crippen LogP contribution is 2.24. The van der Waals surface area contributed by atoms with Crippen LogP contribution in [-0.4, -0.2) is 25.7 Å². The van der Waals surface area contributed by atoms with Gasteiger partial charge < -0.3 is 9.88 Å². The Balaban J connectivity index is 1.44. The van der Waals surface area contributed by atoms with Gasteiger partial charge in [-0.25, -0.2) is 4.98 Å². The third-order valence-electron chi connectivity index (χ3n) is 4.13. The summed E-state index contributed by atoms with van der Waals surface area (Å²) in [5.74, 6) is 1.64. The fourth-order valence-corrected chi connectivity index (χ4v) is 3.60. The minimum absolute atomic E-state index is 0.181. The van der Waals surface area contributed by atoms with Crippen molar-refractivity contribution in [2.45, 2.75) is 32.9 Å². The van der Waals surface area contributed by atoms with Crippen molar-refractivity contribution in [3.63, 3.8) is 0 Å². The molecule has 0 atom stereocenters. The van der Waals surface area contributed by atoms with Gasteiger partial charge in [-0.15, -0.1) is 21.5 Å². The molecule has 0 aliphatic carbocycles. The Kier molecular flexibility index (Phi) is 3.86. The van der Waals surface area contributed by atoms with E-state index in [1.54, 1.807) is 5.38 Å². The maximum absolute atomic E-state index is 12.3. The van der Waals surface area contributed by atoms with Crippen molar-refractivity contribution < 1.29 is 4.79 Å². The minimum Gasteiger partial charge on any atom is -0.343 e. The molecule has 2 aromatic heterocycles. The van der Waals surface area contributed by atoms with Crippen molar-refractivity contribution in [3.8, 4) is 10.6 Å². The van der Waals surface area contributed by atoms with Crippen LogP contribution in [0.15, 0.2) is 29.6 Å². The van der Waals surface area contributed by atoms with Gasteiger partial charge in [0.2, 0.25) is 0 Å². The maximum Gasteiger partial charge on any atom is 0.271 e. The summed E-state index contributed by atoms with van der Waals surface area (Å²) in [6.45, 7) is 3.36. The zero-order valence-corrected chi connectivity index (χ0v) is 14.1. The Morgan fingerprint density at radius 2 is 2.12 bits per heavy atom. The van der Waals surface area contributed by atoms with Crippen molar-refractivity contribution in [3.05, 3.63) is 52.6 Å². The van der Waals surface area contributed by atoms with Gasteiger partial charge in [0, 0.05) is 23.9 Å². The lowest BCUT2D eigenvalue weighted by Gasteiger charge is -2.04. The zero-order valence-electron chi connectivity index (χ0n) is 13.3. The van der Waals surface area contributed by atoms with Crippen molar-refractivity contribution in [2.75, 3.05) is 0 Å². The van der Waals surface area contributed by atoms with E-state index < -0.39 is 0 Å². The Labute approximate surface area is 143 Å². The lowest BCUT2D eigenvalue weighted by molar-refractivity contribution is 0.0945. The van der Waals surface area contributed by atoms with Crippen LogP contribution < -0.4 is 5.32 Å². The third-order valence-corrected chi connectivity index (χ3v) is 5.02. The number of nitrogens with zero attached hydrogens (tertiary/aromatic N) is 4. The summed E-state index contributed by atoms with van der Waals surface area (Å²) in [4.78, 5) is 16.8. The number of hydrogen-bond acceptors (Lipinski definition) is 5. The van der Waals surface area contributed by atoms with Crippen LogP contribution in [0.2, 0.25) is 0 Å². The summed E-state index contributed by atoms with van der Waals surface area (Å²) in [6, 6.07) is 8.13. The van der Waals surface area contributed by atoms with Gasteiger partial charge in [-0.3, -0.25) is 4.79 Å². The molecule has 24 heavy (non-hydrogen) atoms. The van der Waals surface area contributed by atoms with Gasteiger partial charge in [-0.1, -0.05) is 29.8 Å². The van der Waals surface area contributed by atoms with Gasteiger partial charge in [-0.2, -0.15) is 0 Å². The van der Waals surface area contributed by atoms with Gasteiger partial charge in [-0.05, 0) is 13.3 Å². The molecular formula is C17H17N5OS. The number of fused-ring (bicyclic) bond motifs is 1. The largest absolute Gasteiger partial charge is 0.343 e. The first kappa shape index (κ1) is 15.0. The summed E-state index contributed by atoms with van der Waals surface area (Å²) >= 11 is 1.48. The minimum atomic E-state index is -0.181. The molecule has 3 heterocycles. The van der Waals surface area contributed by atoms with E-state index in [1.165, 1.54) is 16.9 Å². The van der Waals surface area contributed by atoms with E-state index in [-0.39, 0.29) is 5.91 Å². The molecule has 3 aromatic rings. The molecule has 0 fully saturated rings. The number of aromatic nitrogens is 4. The molecule has 0 radical (unpaired) electrons. The van der Waals surface area contributed by atoms with Crippen LogP contribution in [0.1, 0.15) is 34.1 Å². The first-order valence-electron chi connectivity index (χ1n) is 7.92. The number of carbonyl (C=O) groups excluding carboxylic acids is 1. The smallest absolute Gasteiger partial charge is 0.271 e. The zero-order chi connectivity index (χ0) is 16.5. The van der Waals surface area contributed by atoms with Crippen molar-refractivity contribution in [1.82, 2.24) is 25.1 Å². The van der Waals surface area contributed by atoms with Crippen LogP contribution in [0.3, 0.4) is 0 Å². The molecule has 7 heteroatoms. The number of benzene rings is 1. The molecule has 0 unspecified atom stereocenters. The normalized spacial score (nSPS) is 13.0. The molecule has 1 aliphatic rings. The van der Waals surface area contributed by atoms with Crippen LogP contribution in [0, 0.1) is 6.92 Å². The number of rotatable bonds is 4. The number of aryl methyl sites for hydroxylation is 2. The Morgan fingerprint density at radius 3 is 2.96 bits per heavy atom. The Bertz CT molecular complexity index is 881. The number of nitrogens with one attached hydrogen (secondary N) is 1. The van der Waals surface area contributed by atoms with Gasteiger partial charge in [0.15, 0.2) is 5.82 Å². The predicted octanol–water partition coefficient (Wildman–Crippen LogP) is 2.59. The molecule has 0 saturated carbocycles. The van der Waals surface area contributed by atoms with Gasteiger partial charge >= 0.3 is 0 Å². The molecule has 1 amide bonds. The van der Waals surface area contributed by atoms with Crippen LogP contribution in [0.4, 0.5) is 0 Å². The van der Waals surface area contributed by atoms with E-state index >= 15 is 0 Å². The fraction of sp³-hybridized carbons (Fsp3) is 0.294. The monoisotopic (exact) mass is 339 g/mol. The molecule has 1 aromatic carbocycles. The van der Waals surface area contributed by atoms with Gasteiger partial charge in [0.05, 0.1) is 6.54 Å². The van der Waals surface area contributed by atoms with Crippen molar-refractivity contribution >= 4 is 17.2 Å². The first-order chi connectivity index (χ1) is 11.7. The summed E-state index contributed by atoms with van der Waals surface area (Å²) < 4.78 is 2.08. The highest BCUT2D eigenvalue weighted by Gasteiger charge is 2.18. The van der Waals surface area contributed by atoms with E-state index in [9.17, 15) is 4.79 Å². The van der Waals surface area contributed by atoms with E-state index in [1.807, 2.05) is 31.2 Å². The standard InChI is InChI=1S/C17H17N5OS/c1-11-4-6-12(7-5-11)17-19-13(10-24-17)16(23)18-9-15-21-20-14-3-2-8-22(14)15/h4-7,10H,2-3,8-9H2,1H3,(H,18,23). The van der Waals surface area contributed by atoms with Crippen LogP contribution >= 0.6 is 11.3 Å². The lowest BCUT2D eigenvalue weighted by Crippen LogP contribution is -2.25. The van der Waals surface area contributed by atoms with Gasteiger partial charge in [0.25, 0.3) is 5.91 Å². The molecule has 1 N–H and O–H groups in total. The summed E-state index contributed by atoms with van der Waals surface area (Å²) in [7, 11) is 0. The molecule has 1 aliphatic heterocycles. The fourth-order valence-electron chi connectivity index (χ4n) is 2.80. The number of hydrogen-bond donors (Lipinski definition) is 1. The maximum atomic E-state index is 12.3. The SMILES string of the molecule is Cc1ccc(-c2nc(C(=O)NCc3nnc4n3CCC4)cs2)cc1. The Morgan fingerprint density at radius 1 is 1.29 bits per heavy atom. The average molecular weight is 339 g/mol. The molecule has 0 bridgehead atoms. The highest BCUT2D eigenvalue weighted by molar-refractivity contribution is 7.13. The van der Waals surface area contributed by atoms with Crippen LogP contribution in [0.5, 0.6) is 0 Å². The molecule has 4 rings (SSSR count). The van der Waals surface area contributed by atoms with Crippen LogP contribution in [-0.2, 0) is 19.5 Å². The molecule has 0 spiro atoms. The van der Waals surface area contributed by atoms with Gasteiger partial charge in [0.1, 0.15) is 16.5 Å². The highest BCUT2D eigenvalue weighted by atomic mass is 32.1. The van der Waals surface area contributed by atoms with E-state index in [0.717, 1.165) is 41.6 Å². The van der Waals surface area contributed by atoms with E-state index in [0.29, 0.717) is 12.2 Å². The third kappa shape index (κ3) is 2.82. The molecule has 0 saturated heterocycles. The van der Waals surface area contributed by atoms with Crippen LogP contribution in [0.25, 0.3) is 10.6 Å². The van der Waals surface area contributed by atoms with E-state index in [2.05, 4.69) is 25.1 Å². The first-order valence-corrected chi connectivity index (χ1v) is 8.80. The quantitative estimate of drug-likeness (QED) is 0.793. The van der Waals surface area contributed by atoms with Crippen molar-refractivity contribution in [1.29, 1.82) is 0 Å². The summed E-state index contributed by atoms with van der Waals surface area (Å²) in [5, 5.41) is 13.8. The number of carbonyl (C=O) groups is 1. The topological polar surface area (TPSA) is 72.7 Å². The summed E-state index contributed by atoms with van der Waals surface area (Å²) in [5.41, 5.74) is 2.67. The lowest BCUT2D eigenvalue weighted by atomic mass is 10.2. The predicted molar refractivity (Wildman–Crippen MR) is 91.8 cm³/mol. The molecule has 6 nitrogen and oxygen atoms in total. The molecule has 122 valence electrons. The van der Waals surface area contributed by atoms with Crippen molar-refractivity contribution in [2.24, 2.45) is 0 Å². The number of amides is 1. The second-order valence-corrected chi connectivity index (χ2v) is 6.73. The second kappa shape index (κ2) is 6.16. The number of thiazole rings is 1. The second-order valence-electron chi connectivity index (χ2n) is 5.87. The van der Waals surface area contributed by atoms with E-state index in [4.69, 9.17) is 0 Å². The Hall–Kier alpha value is -2.54. The average Bonchev–Trinajstić information content (AvgIpc) is 3.30. The molecular weight excluding hydrogens is 322 g/mol.